The lowest BCUT2D eigenvalue weighted by Crippen LogP contribution is -2.47. The van der Waals surface area contributed by atoms with Gasteiger partial charge in [-0.05, 0) is 40.7 Å². The van der Waals surface area contributed by atoms with Gasteiger partial charge in [-0.1, -0.05) is 84.9 Å². The highest BCUT2D eigenvalue weighted by Crippen LogP contribution is 2.32. The molecule has 2 saturated heterocycles. The maximum absolute atomic E-state index is 14.0. The van der Waals surface area contributed by atoms with Crippen molar-refractivity contribution in [1.29, 1.82) is 0 Å². The van der Waals surface area contributed by atoms with Crippen LogP contribution in [-0.4, -0.2) is 54.5 Å². The summed E-state index contributed by atoms with van der Waals surface area (Å²) in [4.78, 5) is 33.6. The van der Waals surface area contributed by atoms with E-state index in [4.69, 9.17) is 14.5 Å². The minimum absolute atomic E-state index is 0.0978. The van der Waals surface area contributed by atoms with Crippen LogP contribution in [0.3, 0.4) is 0 Å². The minimum atomic E-state index is -0.830. The molecule has 6 rings (SSSR count). The summed E-state index contributed by atoms with van der Waals surface area (Å²) in [5.41, 5.74) is 6.38. The van der Waals surface area contributed by atoms with Gasteiger partial charge in [0.1, 0.15) is 12.1 Å². The largest absolute Gasteiger partial charge is 0.446 e. The molecule has 0 bridgehead atoms. The van der Waals surface area contributed by atoms with Crippen molar-refractivity contribution >= 4 is 23.3 Å². The molecule has 2 amide bonds. The summed E-state index contributed by atoms with van der Waals surface area (Å²) in [6, 6.07) is 27.4. The summed E-state index contributed by atoms with van der Waals surface area (Å²) >= 11 is 0. The molecule has 0 saturated carbocycles. The van der Waals surface area contributed by atoms with E-state index in [1.165, 1.54) is 11.1 Å². The molecular weight excluding hydrogens is 514 g/mol. The van der Waals surface area contributed by atoms with Crippen molar-refractivity contribution in [2.75, 3.05) is 19.8 Å². The number of amides is 2. The number of rotatable bonds is 7. The first-order valence-corrected chi connectivity index (χ1v) is 14.5. The second-order valence-corrected chi connectivity index (χ2v) is 10.8. The van der Waals surface area contributed by atoms with Crippen molar-refractivity contribution in [2.45, 2.75) is 50.3 Å². The normalized spacial score (nSPS) is 19.8. The van der Waals surface area contributed by atoms with Crippen molar-refractivity contribution in [3.8, 4) is 11.1 Å². The van der Waals surface area contributed by atoms with Crippen LogP contribution in [0.2, 0.25) is 0 Å². The number of nitrogens with one attached hydrogen (secondary N) is 1. The van der Waals surface area contributed by atoms with Crippen LogP contribution in [0, 0.1) is 0 Å². The Morgan fingerprint density at radius 3 is 2.24 bits per heavy atom. The number of hydrogen-bond acceptors (Lipinski definition) is 5. The third-order valence-corrected chi connectivity index (χ3v) is 8.13. The third kappa shape index (κ3) is 6.25. The highest BCUT2D eigenvalue weighted by molar-refractivity contribution is 6.04. The Kier molecular flexibility index (Phi) is 8.23. The molecule has 2 atom stereocenters. The Bertz CT molecular complexity index is 1410. The lowest BCUT2D eigenvalue weighted by molar-refractivity contribution is -0.133. The lowest BCUT2D eigenvalue weighted by atomic mass is 9.96. The summed E-state index contributed by atoms with van der Waals surface area (Å²) < 4.78 is 11.0. The van der Waals surface area contributed by atoms with E-state index in [2.05, 4.69) is 41.7 Å². The number of likely N-dealkylation sites (tertiary alicyclic amines) is 1. The van der Waals surface area contributed by atoms with Gasteiger partial charge < -0.3 is 19.7 Å². The van der Waals surface area contributed by atoms with Gasteiger partial charge in [0.2, 0.25) is 5.91 Å². The molecule has 0 unspecified atom stereocenters. The number of nitrogens with zero attached hydrogens (tertiary/aromatic N) is 2. The van der Waals surface area contributed by atoms with Crippen molar-refractivity contribution in [3.05, 3.63) is 102 Å². The van der Waals surface area contributed by atoms with Gasteiger partial charge in [-0.2, -0.15) is 0 Å². The number of hydrogen-bond donors (Lipinski definition) is 1. The van der Waals surface area contributed by atoms with E-state index in [9.17, 15) is 9.59 Å². The fourth-order valence-electron chi connectivity index (χ4n) is 5.91. The summed E-state index contributed by atoms with van der Waals surface area (Å²) in [5, 5.41) is 2.88. The topological polar surface area (TPSA) is 80.2 Å². The third-order valence-electron chi connectivity index (χ3n) is 8.13. The molecule has 3 aliphatic rings. The molecule has 3 aromatic carbocycles. The Balaban J connectivity index is 1.13. The fourth-order valence-corrected chi connectivity index (χ4v) is 5.91. The van der Waals surface area contributed by atoms with Crippen molar-refractivity contribution in [1.82, 2.24) is 10.2 Å². The van der Waals surface area contributed by atoms with Crippen LogP contribution in [0.5, 0.6) is 0 Å². The molecule has 7 heteroatoms. The number of alkyl carbamates (subject to hydrolysis) is 1. The molecule has 0 spiro atoms. The zero-order chi connectivity index (χ0) is 28.0. The number of carbonyl (C=O) groups is 2. The monoisotopic (exact) mass is 549 g/mol. The number of aliphatic imine (C=N–C) groups is 1. The summed E-state index contributed by atoms with van der Waals surface area (Å²) in [5.74, 6) is -0.133. The molecule has 41 heavy (non-hydrogen) atoms. The zero-order valence-corrected chi connectivity index (χ0v) is 23.1. The van der Waals surface area contributed by atoms with Crippen molar-refractivity contribution < 1.29 is 19.1 Å². The maximum Gasteiger partial charge on any atom is 0.408 e. The van der Waals surface area contributed by atoms with E-state index < -0.39 is 12.1 Å². The molecule has 0 aliphatic carbocycles. The van der Waals surface area contributed by atoms with E-state index in [1.807, 2.05) is 59.6 Å². The molecule has 2 fully saturated rings. The molecule has 3 aromatic rings. The van der Waals surface area contributed by atoms with E-state index >= 15 is 0 Å². The molecule has 3 aliphatic heterocycles. The van der Waals surface area contributed by atoms with E-state index in [1.54, 1.807) is 0 Å². The number of carbonyl (C=O) groups excluding carboxylic acids is 2. The first-order valence-electron chi connectivity index (χ1n) is 14.5. The van der Waals surface area contributed by atoms with Crippen molar-refractivity contribution in [2.24, 2.45) is 4.99 Å². The van der Waals surface area contributed by atoms with Gasteiger partial charge in [0.15, 0.2) is 0 Å². The van der Waals surface area contributed by atoms with Gasteiger partial charge in [-0.25, -0.2) is 4.79 Å². The van der Waals surface area contributed by atoms with Crippen LogP contribution in [0.1, 0.15) is 49.3 Å². The molecular formula is C34H35N3O4. The minimum Gasteiger partial charge on any atom is -0.446 e. The molecule has 0 radical (unpaired) electrons. The molecule has 1 N–H and O–H groups in total. The van der Waals surface area contributed by atoms with E-state index in [0.29, 0.717) is 39.0 Å². The standard InChI is InChI=1S/C34H35N3O4/c38-33(32(27-10-5-2-6-11-27)36-34(39)41-29-17-20-40-21-18-29)37-19-7-12-31(37)30-22-28(23-35-30)26-15-13-25(14-16-26)24-8-3-1-4-9-24/h1-6,8-11,13-16,23,29,31-32H,7,12,17-22H2,(H,36,39)/t31-,32-/m0/s1. The molecule has 210 valence electrons. The van der Waals surface area contributed by atoms with E-state index in [-0.39, 0.29) is 18.1 Å². The highest BCUT2D eigenvalue weighted by Gasteiger charge is 2.38. The Morgan fingerprint density at radius 1 is 0.854 bits per heavy atom. The zero-order valence-electron chi connectivity index (χ0n) is 23.1. The van der Waals surface area contributed by atoms with Crippen LogP contribution in [0.4, 0.5) is 4.79 Å². The smallest absolute Gasteiger partial charge is 0.408 e. The summed E-state index contributed by atoms with van der Waals surface area (Å²) in [7, 11) is 0. The second-order valence-electron chi connectivity index (χ2n) is 10.8. The molecule has 0 aromatic heterocycles. The lowest BCUT2D eigenvalue weighted by Gasteiger charge is -2.30. The van der Waals surface area contributed by atoms with Gasteiger partial charge in [0.05, 0.1) is 19.3 Å². The van der Waals surface area contributed by atoms with Crippen LogP contribution < -0.4 is 5.32 Å². The Hall–Kier alpha value is -4.23. The highest BCUT2D eigenvalue weighted by atomic mass is 16.6. The van der Waals surface area contributed by atoms with Gasteiger partial charge in [-0.3, -0.25) is 9.79 Å². The van der Waals surface area contributed by atoms with Crippen LogP contribution in [-0.2, 0) is 14.3 Å². The fraction of sp³-hybridized carbons (Fsp3) is 0.324. The first kappa shape index (κ1) is 27.0. The van der Waals surface area contributed by atoms with Crippen LogP contribution >= 0.6 is 0 Å². The maximum atomic E-state index is 14.0. The van der Waals surface area contributed by atoms with Gasteiger partial charge >= 0.3 is 6.09 Å². The number of benzene rings is 3. The van der Waals surface area contributed by atoms with Gasteiger partial charge in [0.25, 0.3) is 0 Å². The summed E-state index contributed by atoms with van der Waals surface area (Å²) in [6.07, 6.45) is 4.94. The van der Waals surface area contributed by atoms with Gasteiger partial charge in [0, 0.05) is 37.7 Å². The SMILES string of the molecule is O=C(N[C@H](C(=O)N1CCC[C@H]1C1=NC=C(c2ccc(-c3ccccc3)cc2)C1)c1ccccc1)OC1CCOCC1. The van der Waals surface area contributed by atoms with E-state index in [0.717, 1.165) is 35.3 Å². The number of allylic oxidation sites excluding steroid dienone is 1. The quantitative estimate of drug-likeness (QED) is 0.382. The predicted molar refractivity (Wildman–Crippen MR) is 159 cm³/mol. The average molecular weight is 550 g/mol. The molecule has 7 nitrogen and oxygen atoms in total. The van der Waals surface area contributed by atoms with Gasteiger partial charge in [-0.15, -0.1) is 0 Å². The number of ether oxygens (including phenoxy) is 2. The summed E-state index contributed by atoms with van der Waals surface area (Å²) in [6.45, 7) is 1.77. The second kappa shape index (κ2) is 12.5. The predicted octanol–water partition coefficient (Wildman–Crippen LogP) is 6.18. The van der Waals surface area contributed by atoms with Crippen LogP contribution in [0.25, 0.3) is 16.7 Å². The van der Waals surface area contributed by atoms with Crippen LogP contribution in [0.15, 0.2) is 96.1 Å². The average Bonchev–Trinajstić information content (AvgIpc) is 3.72. The Labute approximate surface area is 240 Å². The molecule has 3 heterocycles. The Morgan fingerprint density at radius 2 is 1.51 bits per heavy atom. The van der Waals surface area contributed by atoms with Crippen molar-refractivity contribution in [3.63, 3.8) is 0 Å². The first-order chi connectivity index (χ1) is 20.2.